The maximum atomic E-state index is 9.75. The average molecular weight is 221 g/mol. The zero-order valence-electron chi connectivity index (χ0n) is 9.42. The smallest absolute Gasteiger partial charge is 0.146 e. The van der Waals surface area contributed by atoms with Gasteiger partial charge < -0.3 is 15.7 Å². The number of nitrogens with zero attached hydrogens (tertiary/aromatic N) is 2. The Kier molecular flexibility index (Phi) is 4.46. The van der Waals surface area contributed by atoms with Crippen LogP contribution < -0.4 is 5.73 Å². The molecule has 0 amide bonds. The molecule has 4 nitrogen and oxygen atoms in total. The van der Waals surface area contributed by atoms with Gasteiger partial charge in [-0.1, -0.05) is 18.7 Å². The van der Waals surface area contributed by atoms with Crippen molar-refractivity contribution in [3.63, 3.8) is 0 Å². The van der Waals surface area contributed by atoms with Crippen molar-refractivity contribution in [3.8, 4) is 0 Å². The molecule has 0 aromatic carbocycles. The second kappa shape index (κ2) is 5.63. The van der Waals surface area contributed by atoms with Crippen LogP contribution in [-0.4, -0.2) is 41.2 Å². The molecule has 3 atom stereocenters. The van der Waals surface area contributed by atoms with Crippen LogP contribution in [0.25, 0.3) is 0 Å². The molecular formula is C12H19N3O. The Hall–Kier alpha value is -1.39. The predicted octanol–water partition coefficient (Wildman–Crippen LogP) is 0.520. The molecular weight excluding hydrogens is 202 g/mol. The van der Waals surface area contributed by atoms with Crippen LogP contribution in [0.5, 0.6) is 0 Å². The van der Waals surface area contributed by atoms with E-state index >= 15 is 0 Å². The van der Waals surface area contributed by atoms with Gasteiger partial charge in [-0.2, -0.15) is 0 Å². The third-order valence-corrected chi connectivity index (χ3v) is 2.68. The first-order valence-corrected chi connectivity index (χ1v) is 5.28. The molecule has 4 heteroatoms. The highest BCUT2D eigenvalue weighted by Crippen LogP contribution is 2.17. The lowest BCUT2D eigenvalue weighted by Crippen LogP contribution is -2.44. The molecule has 1 rings (SSSR count). The lowest BCUT2D eigenvalue weighted by Gasteiger charge is -2.29. The number of aliphatic hydroxyl groups is 1. The summed E-state index contributed by atoms with van der Waals surface area (Å²) in [5, 5.41) is 9.75. The Morgan fingerprint density at radius 1 is 1.31 bits per heavy atom. The fourth-order valence-electron chi connectivity index (χ4n) is 1.75. The minimum absolute atomic E-state index is 0.116. The first-order chi connectivity index (χ1) is 7.65. The Morgan fingerprint density at radius 3 is 2.50 bits per heavy atom. The van der Waals surface area contributed by atoms with Crippen LogP contribution in [0.15, 0.2) is 43.0 Å². The van der Waals surface area contributed by atoms with Crippen molar-refractivity contribution in [3.05, 3.63) is 38.0 Å². The maximum absolute atomic E-state index is 9.75. The predicted molar refractivity (Wildman–Crippen MR) is 67.1 cm³/mol. The number of hydrogen-bond donors (Lipinski definition) is 2. The van der Waals surface area contributed by atoms with Crippen LogP contribution in [0.1, 0.15) is 0 Å². The van der Waals surface area contributed by atoms with Gasteiger partial charge >= 0.3 is 0 Å². The van der Waals surface area contributed by atoms with Crippen molar-refractivity contribution in [1.29, 1.82) is 0 Å². The monoisotopic (exact) mass is 221 g/mol. The van der Waals surface area contributed by atoms with Crippen molar-refractivity contribution in [2.75, 3.05) is 13.1 Å². The summed E-state index contributed by atoms with van der Waals surface area (Å²) >= 11 is 0. The maximum Gasteiger partial charge on any atom is 0.146 e. The number of amidine groups is 1. The van der Waals surface area contributed by atoms with E-state index in [0.29, 0.717) is 13.1 Å². The van der Waals surface area contributed by atoms with Crippen LogP contribution in [0, 0.1) is 5.92 Å². The molecule has 3 unspecified atom stereocenters. The fraction of sp³-hybridized carbons (Fsp3) is 0.417. The van der Waals surface area contributed by atoms with E-state index in [-0.39, 0.29) is 12.0 Å². The molecule has 88 valence electrons. The summed E-state index contributed by atoms with van der Waals surface area (Å²) < 4.78 is 0. The standard InChI is InChI=1S/C12H19N3O/c1-4-9(10(13)5-2)12-14-7-8-15(12)11(16)6-3/h4-6,9-11,16H,1-3,7-8,13H2. The fourth-order valence-corrected chi connectivity index (χ4v) is 1.75. The van der Waals surface area contributed by atoms with Gasteiger partial charge in [-0.05, 0) is 6.08 Å². The molecule has 0 aromatic rings. The third-order valence-electron chi connectivity index (χ3n) is 2.68. The van der Waals surface area contributed by atoms with Crippen LogP contribution in [0.2, 0.25) is 0 Å². The number of aliphatic imine (C=N–C) groups is 1. The van der Waals surface area contributed by atoms with Crippen LogP contribution >= 0.6 is 0 Å². The summed E-state index contributed by atoms with van der Waals surface area (Å²) in [5.74, 6) is 0.643. The quantitative estimate of drug-likeness (QED) is 0.643. The molecule has 0 aromatic heterocycles. The molecule has 0 fully saturated rings. The number of nitrogens with two attached hydrogens (primary N) is 1. The minimum Gasteiger partial charge on any atom is -0.370 e. The molecule has 16 heavy (non-hydrogen) atoms. The van der Waals surface area contributed by atoms with E-state index in [2.05, 4.69) is 24.7 Å². The van der Waals surface area contributed by atoms with E-state index in [4.69, 9.17) is 5.73 Å². The third kappa shape index (κ3) is 2.40. The first kappa shape index (κ1) is 12.7. The average Bonchev–Trinajstić information content (AvgIpc) is 2.77. The molecule has 0 saturated carbocycles. The second-order valence-corrected chi connectivity index (χ2v) is 3.66. The van der Waals surface area contributed by atoms with Crippen LogP contribution in [-0.2, 0) is 0 Å². The van der Waals surface area contributed by atoms with E-state index < -0.39 is 6.23 Å². The van der Waals surface area contributed by atoms with E-state index in [1.807, 2.05) is 0 Å². The summed E-state index contributed by atoms with van der Waals surface area (Å²) in [4.78, 5) is 6.14. The summed E-state index contributed by atoms with van der Waals surface area (Å²) in [6.07, 6.45) is 4.14. The van der Waals surface area contributed by atoms with Crippen LogP contribution in [0.4, 0.5) is 0 Å². The highest BCUT2D eigenvalue weighted by Gasteiger charge is 2.29. The molecule has 0 saturated heterocycles. The Bertz CT molecular complexity index is 311. The molecule has 0 aliphatic carbocycles. The normalized spacial score (nSPS) is 20.9. The first-order valence-electron chi connectivity index (χ1n) is 5.28. The number of hydrogen-bond acceptors (Lipinski definition) is 4. The highest BCUT2D eigenvalue weighted by atomic mass is 16.3. The van der Waals surface area contributed by atoms with E-state index in [0.717, 1.165) is 5.84 Å². The van der Waals surface area contributed by atoms with Gasteiger partial charge in [0.15, 0.2) is 0 Å². The molecule has 1 heterocycles. The Balaban J connectivity index is 2.87. The van der Waals surface area contributed by atoms with Gasteiger partial charge in [0.25, 0.3) is 0 Å². The zero-order valence-corrected chi connectivity index (χ0v) is 9.42. The summed E-state index contributed by atoms with van der Waals surface area (Å²) in [6.45, 7) is 12.3. The molecule has 0 spiro atoms. The second-order valence-electron chi connectivity index (χ2n) is 3.66. The SMILES string of the molecule is C=CC(N)C(C=C)C1=NCCN1C(O)C=C. The lowest BCUT2D eigenvalue weighted by atomic mass is 9.98. The minimum atomic E-state index is -0.722. The lowest BCUT2D eigenvalue weighted by molar-refractivity contribution is 0.102. The van der Waals surface area contributed by atoms with Crippen LogP contribution in [0.3, 0.4) is 0 Å². The van der Waals surface area contributed by atoms with E-state index in [9.17, 15) is 5.11 Å². The molecule has 1 aliphatic heterocycles. The van der Waals surface area contributed by atoms with E-state index in [1.165, 1.54) is 6.08 Å². The van der Waals surface area contributed by atoms with Gasteiger partial charge in [0, 0.05) is 12.6 Å². The Labute approximate surface area is 96.5 Å². The number of rotatable bonds is 6. The van der Waals surface area contributed by atoms with Gasteiger partial charge in [-0.3, -0.25) is 4.99 Å². The van der Waals surface area contributed by atoms with Crippen molar-refractivity contribution < 1.29 is 5.11 Å². The Morgan fingerprint density at radius 2 is 2.00 bits per heavy atom. The summed E-state index contributed by atoms with van der Waals surface area (Å²) in [6, 6.07) is -0.242. The molecule has 3 N–H and O–H groups in total. The highest BCUT2D eigenvalue weighted by molar-refractivity contribution is 5.88. The van der Waals surface area contributed by atoms with Crippen molar-refractivity contribution in [2.45, 2.75) is 12.3 Å². The van der Waals surface area contributed by atoms with Crippen molar-refractivity contribution in [1.82, 2.24) is 4.90 Å². The molecule has 0 bridgehead atoms. The van der Waals surface area contributed by atoms with Gasteiger partial charge in [-0.15, -0.1) is 13.2 Å². The summed E-state index contributed by atoms with van der Waals surface area (Å²) in [7, 11) is 0. The molecule has 0 radical (unpaired) electrons. The summed E-state index contributed by atoms with van der Waals surface area (Å²) in [5.41, 5.74) is 5.91. The van der Waals surface area contributed by atoms with Gasteiger partial charge in [0.05, 0.1) is 12.5 Å². The van der Waals surface area contributed by atoms with Gasteiger partial charge in [0.1, 0.15) is 12.1 Å². The molecule has 1 aliphatic rings. The van der Waals surface area contributed by atoms with Gasteiger partial charge in [0.2, 0.25) is 0 Å². The zero-order chi connectivity index (χ0) is 12.1. The topological polar surface area (TPSA) is 61.8 Å². The van der Waals surface area contributed by atoms with Gasteiger partial charge in [-0.25, -0.2) is 0 Å². The van der Waals surface area contributed by atoms with Crippen molar-refractivity contribution >= 4 is 5.84 Å². The van der Waals surface area contributed by atoms with Crippen molar-refractivity contribution in [2.24, 2.45) is 16.6 Å². The van der Waals surface area contributed by atoms with E-state index in [1.54, 1.807) is 17.1 Å². The number of aliphatic hydroxyl groups excluding tert-OH is 1. The largest absolute Gasteiger partial charge is 0.370 e.